The summed E-state index contributed by atoms with van der Waals surface area (Å²) < 4.78 is 0. The summed E-state index contributed by atoms with van der Waals surface area (Å²) in [6, 6.07) is 2.39. The largest absolute Gasteiger partial charge is 0.398 e. The molecule has 15 heavy (non-hydrogen) atoms. The number of hydrogen-bond donors (Lipinski definition) is 2. The van der Waals surface area contributed by atoms with Gasteiger partial charge in [-0.05, 0) is 43.4 Å². The molecule has 1 aliphatic rings. The van der Waals surface area contributed by atoms with Gasteiger partial charge < -0.3 is 11.1 Å². The lowest BCUT2D eigenvalue weighted by Crippen LogP contribution is -2.35. The summed E-state index contributed by atoms with van der Waals surface area (Å²) >= 11 is 0. The molecule has 0 radical (unpaired) electrons. The van der Waals surface area contributed by atoms with E-state index in [9.17, 15) is 0 Å². The number of nitrogens with zero attached hydrogens (tertiary/aromatic N) is 1. The predicted octanol–water partition coefficient (Wildman–Crippen LogP) is 1.59. The van der Waals surface area contributed by atoms with E-state index in [1.807, 2.05) is 19.3 Å². The monoisotopic (exact) mass is 205 g/mol. The average Bonchev–Trinajstić information content (AvgIpc) is 2.96. The summed E-state index contributed by atoms with van der Waals surface area (Å²) in [5, 5.41) is 3.40. The number of rotatable bonds is 4. The minimum atomic E-state index is 0.469. The third-order valence-electron chi connectivity index (χ3n) is 3.59. The maximum absolute atomic E-state index is 5.92. The average molecular weight is 205 g/mol. The molecule has 1 heterocycles. The molecule has 0 bridgehead atoms. The van der Waals surface area contributed by atoms with Gasteiger partial charge in [0, 0.05) is 24.1 Å². The molecule has 0 aromatic carbocycles. The minimum absolute atomic E-state index is 0.469. The molecule has 1 fully saturated rings. The van der Waals surface area contributed by atoms with Gasteiger partial charge in [0.25, 0.3) is 0 Å². The van der Waals surface area contributed by atoms with Crippen molar-refractivity contribution in [3.63, 3.8) is 0 Å². The summed E-state index contributed by atoms with van der Waals surface area (Å²) in [4.78, 5) is 4.13. The zero-order chi connectivity index (χ0) is 10.9. The van der Waals surface area contributed by atoms with Crippen LogP contribution in [0.1, 0.15) is 25.3 Å². The van der Waals surface area contributed by atoms with Crippen LogP contribution >= 0.6 is 0 Å². The molecule has 1 aliphatic carbocycles. The topological polar surface area (TPSA) is 50.9 Å². The van der Waals surface area contributed by atoms with Crippen molar-refractivity contribution in [1.29, 1.82) is 0 Å². The molecule has 3 nitrogen and oxygen atoms in total. The summed E-state index contributed by atoms with van der Waals surface area (Å²) in [6.07, 6.45) is 7.24. The van der Waals surface area contributed by atoms with Crippen LogP contribution in [0.5, 0.6) is 0 Å². The van der Waals surface area contributed by atoms with Crippen LogP contribution in [-0.2, 0) is 6.42 Å². The second-order valence-corrected chi connectivity index (χ2v) is 4.77. The highest BCUT2D eigenvalue weighted by atomic mass is 14.9. The fraction of sp³-hybridized carbons (Fsp3) is 0.583. The number of nitrogens with one attached hydrogen (secondary N) is 1. The molecule has 3 heteroatoms. The number of likely N-dealkylation sites (N-methyl/N-ethyl adjacent to an activating group) is 1. The van der Waals surface area contributed by atoms with Crippen LogP contribution < -0.4 is 11.1 Å². The second kappa shape index (κ2) is 3.81. The highest BCUT2D eigenvalue weighted by molar-refractivity contribution is 5.44. The molecule has 0 saturated heterocycles. The first-order valence-electron chi connectivity index (χ1n) is 5.51. The summed E-state index contributed by atoms with van der Waals surface area (Å²) in [5.41, 5.74) is 8.40. The van der Waals surface area contributed by atoms with E-state index in [1.54, 1.807) is 6.20 Å². The number of nitrogens with two attached hydrogens (primary N) is 1. The molecule has 0 amide bonds. The van der Waals surface area contributed by atoms with E-state index in [4.69, 9.17) is 5.73 Å². The van der Waals surface area contributed by atoms with Crippen molar-refractivity contribution >= 4 is 5.69 Å². The van der Waals surface area contributed by atoms with Crippen molar-refractivity contribution in [3.05, 3.63) is 24.0 Å². The second-order valence-electron chi connectivity index (χ2n) is 4.77. The van der Waals surface area contributed by atoms with Crippen LogP contribution in [0.2, 0.25) is 0 Å². The smallest absolute Gasteiger partial charge is 0.0378 e. The number of anilines is 1. The fourth-order valence-electron chi connectivity index (χ4n) is 2.07. The Morgan fingerprint density at radius 2 is 2.33 bits per heavy atom. The van der Waals surface area contributed by atoms with Crippen LogP contribution in [0.3, 0.4) is 0 Å². The van der Waals surface area contributed by atoms with Crippen molar-refractivity contribution in [3.8, 4) is 0 Å². The third-order valence-corrected chi connectivity index (χ3v) is 3.59. The molecule has 1 unspecified atom stereocenters. The van der Waals surface area contributed by atoms with E-state index in [2.05, 4.69) is 17.2 Å². The first-order chi connectivity index (χ1) is 7.15. The molecule has 1 atom stereocenters. The van der Waals surface area contributed by atoms with Crippen molar-refractivity contribution in [2.45, 2.75) is 32.2 Å². The van der Waals surface area contributed by atoms with E-state index in [-0.39, 0.29) is 0 Å². The van der Waals surface area contributed by atoms with Gasteiger partial charge in [-0.3, -0.25) is 4.98 Å². The highest BCUT2D eigenvalue weighted by Crippen LogP contribution is 2.48. The van der Waals surface area contributed by atoms with Gasteiger partial charge in [0.1, 0.15) is 0 Å². The Morgan fingerprint density at radius 1 is 1.60 bits per heavy atom. The molecule has 1 aromatic heterocycles. The summed E-state index contributed by atoms with van der Waals surface area (Å²) in [5.74, 6) is 0. The number of hydrogen-bond acceptors (Lipinski definition) is 3. The normalized spacial score (nSPS) is 19.9. The van der Waals surface area contributed by atoms with Crippen molar-refractivity contribution < 1.29 is 0 Å². The van der Waals surface area contributed by atoms with Crippen LogP contribution in [-0.4, -0.2) is 18.1 Å². The van der Waals surface area contributed by atoms with E-state index in [1.165, 1.54) is 12.8 Å². The lowest BCUT2D eigenvalue weighted by atomic mass is 9.92. The van der Waals surface area contributed by atoms with E-state index in [0.717, 1.165) is 17.7 Å². The lowest BCUT2D eigenvalue weighted by Gasteiger charge is -2.23. The Labute approximate surface area is 91.1 Å². The van der Waals surface area contributed by atoms with Gasteiger partial charge in [-0.1, -0.05) is 6.92 Å². The van der Waals surface area contributed by atoms with Gasteiger partial charge in [0.2, 0.25) is 0 Å². The van der Waals surface area contributed by atoms with Crippen molar-refractivity contribution in [2.24, 2.45) is 5.41 Å². The minimum Gasteiger partial charge on any atom is -0.398 e. The van der Waals surface area contributed by atoms with Gasteiger partial charge in [-0.15, -0.1) is 0 Å². The highest BCUT2D eigenvalue weighted by Gasteiger charge is 2.43. The van der Waals surface area contributed by atoms with Gasteiger partial charge in [0.15, 0.2) is 0 Å². The molecule has 2 rings (SSSR count). The molecule has 0 aliphatic heterocycles. The number of nitrogen functional groups attached to an aromatic ring is 1. The molecular formula is C12H19N3. The number of pyridine rings is 1. The first kappa shape index (κ1) is 10.4. The lowest BCUT2D eigenvalue weighted by molar-refractivity contribution is 0.376. The zero-order valence-corrected chi connectivity index (χ0v) is 9.46. The predicted molar refractivity (Wildman–Crippen MR) is 62.5 cm³/mol. The van der Waals surface area contributed by atoms with Crippen LogP contribution in [0.4, 0.5) is 5.69 Å². The molecular weight excluding hydrogens is 186 g/mol. The van der Waals surface area contributed by atoms with Gasteiger partial charge in [0.05, 0.1) is 0 Å². The maximum Gasteiger partial charge on any atom is 0.0378 e. The van der Waals surface area contributed by atoms with Crippen molar-refractivity contribution in [2.75, 3.05) is 12.8 Å². The van der Waals surface area contributed by atoms with E-state index >= 15 is 0 Å². The van der Waals surface area contributed by atoms with Crippen LogP contribution in [0, 0.1) is 5.41 Å². The molecule has 3 N–H and O–H groups in total. The fourth-order valence-corrected chi connectivity index (χ4v) is 2.07. The maximum atomic E-state index is 5.92. The Balaban J connectivity index is 2.10. The standard InChI is InChI=1S/C12H19N3/c1-12(4-5-12)11(14-2)7-9-8-15-6-3-10(9)13/h3,6,8,11,14H,4-5,7H2,1-2H3,(H2,13,15). The Morgan fingerprint density at radius 3 is 2.87 bits per heavy atom. The summed E-state index contributed by atoms with van der Waals surface area (Å²) in [7, 11) is 2.03. The van der Waals surface area contributed by atoms with Crippen LogP contribution in [0.15, 0.2) is 18.5 Å². The van der Waals surface area contributed by atoms with Gasteiger partial charge >= 0.3 is 0 Å². The van der Waals surface area contributed by atoms with E-state index in [0.29, 0.717) is 11.5 Å². The molecule has 1 aromatic rings. The number of aromatic nitrogens is 1. The Hall–Kier alpha value is -1.09. The third kappa shape index (κ3) is 2.12. The molecule has 82 valence electrons. The quantitative estimate of drug-likeness (QED) is 0.785. The Bertz CT molecular complexity index is 344. The van der Waals surface area contributed by atoms with E-state index < -0.39 is 0 Å². The molecule has 0 spiro atoms. The van der Waals surface area contributed by atoms with Gasteiger partial charge in [-0.25, -0.2) is 0 Å². The van der Waals surface area contributed by atoms with Crippen LogP contribution in [0.25, 0.3) is 0 Å². The molecule has 1 saturated carbocycles. The SMILES string of the molecule is CNC(Cc1cnccc1N)C1(C)CC1. The van der Waals surface area contributed by atoms with Gasteiger partial charge in [-0.2, -0.15) is 0 Å². The Kier molecular flexibility index (Phi) is 2.65. The first-order valence-corrected chi connectivity index (χ1v) is 5.51. The summed E-state index contributed by atoms with van der Waals surface area (Å²) in [6.45, 7) is 2.33. The zero-order valence-electron chi connectivity index (χ0n) is 9.46. The van der Waals surface area contributed by atoms with Crippen molar-refractivity contribution in [1.82, 2.24) is 10.3 Å².